The second-order valence-electron chi connectivity index (χ2n) is 4.97. The highest BCUT2D eigenvalue weighted by Gasteiger charge is 2.16. The molecule has 0 aliphatic rings. The summed E-state index contributed by atoms with van der Waals surface area (Å²) in [6.07, 6.45) is 2.14. The molecule has 0 fully saturated rings. The monoisotopic (exact) mass is 286 g/mol. The Bertz CT molecular complexity index is 842. The van der Waals surface area contributed by atoms with Crippen LogP contribution < -0.4 is 5.69 Å². The molecule has 1 aromatic carbocycles. The highest BCUT2D eigenvalue weighted by molar-refractivity contribution is 5.92. The summed E-state index contributed by atoms with van der Waals surface area (Å²) in [5.41, 5.74) is 1.10. The molecular formula is C15H14N2O4. The van der Waals surface area contributed by atoms with E-state index >= 15 is 0 Å². The summed E-state index contributed by atoms with van der Waals surface area (Å²) in [5.74, 6) is -0.242. The number of fused-ring (bicyclic) bond motifs is 1. The minimum absolute atomic E-state index is 0.151. The normalized spacial score (nSPS) is 12.6. The molecule has 0 amide bonds. The maximum absolute atomic E-state index is 12.1. The third-order valence-corrected chi connectivity index (χ3v) is 3.48. The molecule has 0 spiro atoms. The number of hydrogen-bond donors (Lipinski definition) is 2. The number of nitrogens with one attached hydrogen (secondary N) is 1. The zero-order valence-corrected chi connectivity index (χ0v) is 11.4. The van der Waals surface area contributed by atoms with Gasteiger partial charge in [-0.05, 0) is 37.3 Å². The molecule has 0 aliphatic heterocycles. The molecule has 108 valence electrons. The van der Waals surface area contributed by atoms with Crippen molar-refractivity contribution in [2.24, 2.45) is 0 Å². The molecule has 6 heteroatoms. The maximum atomic E-state index is 12.1. The molecule has 2 aromatic heterocycles. The van der Waals surface area contributed by atoms with E-state index in [-0.39, 0.29) is 17.3 Å². The van der Waals surface area contributed by atoms with Gasteiger partial charge in [0.1, 0.15) is 5.76 Å². The number of rotatable bonds is 4. The Kier molecular flexibility index (Phi) is 3.13. The van der Waals surface area contributed by atoms with Gasteiger partial charge in [-0.25, -0.2) is 9.59 Å². The van der Waals surface area contributed by atoms with Gasteiger partial charge in [-0.2, -0.15) is 0 Å². The average Bonchev–Trinajstić information content (AvgIpc) is 3.03. The van der Waals surface area contributed by atoms with Gasteiger partial charge in [0.05, 0.1) is 22.9 Å². The molecule has 1 unspecified atom stereocenters. The lowest BCUT2D eigenvalue weighted by molar-refractivity contribution is 0.0697. The van der Waals surface area contributed by atoms with Crippen molar-refractivity contribution in [1.29, 1.82) is 0 Å². The van der Waals surface area contributed by atoms with Crippen LogP contribution in [0.15, 0.2) is 45.8 Å². The predicted molar refractivity (Wildman–Crippen MR) is 76.6 cm³/mol. The van der Waals surface area contributed by atoms with Gasteiger partial charge in [0, 0.05) is 12.5 Å². The smallest absolute Gasteiger partial charge is 0.335 e. The summed E-state index contributed by atoms with van der Waals surface area (Å²) in [5, 5.41) is 9.08. The van der Waals surface area contributed by atoms with E-state index in [2.05, 4.69) is 4.98 Å². The number of H-pyrrole nitrogens is 1. The minimum Gasteiger partial charge on any atom is -0.478 e. The highest BCUT2D eigenvalue weighted by atomic mass is 16.4. The van der Waals surface area contributed by atoms with Gasteiger partial charge in [0.15, 0.2) is 0 Å². The van der Waals surface area contributed by atoms with Crippen molar-refractivity contribution in [3.05, 3.63) is 58.4 Å². The lowest BCUT2D eigenvalue weighted by Crippen LogP contribution is -2.21. The second-order valence-corrected chi connectivity index (χ2v) is 4.97. The molecule has 0 saturated heterocycles. The first-order valence-electron chi connectivity index (χ1n) is 6.56. The Morgan fingerprint density at radius 1 is 1.43 bits per heavy atom. The molecule has 0 bridgehead atoms. The van der Waals surface area contributed by atoms with Gasteiger partial charge in [-0.3, -0.25) is 4.57 Å². The van der Waals surface area contributed by atoms with E-state index in [0.29, 0.717) is 17.5 Å². The first-order chi connectivity index (χ1) is 10.1. The summed E-state index contributed by atoms with van der Waals surface area (Å²) >= 11 is 0. The van der Waals surface area contributed by atoms with Gasteiger partial charge < -0.3 is 14.5 Å². The lowest BCUT2D eigenvalue weighted by Gasteiger charge is -2.12. The zero-order valence-electron chi connectivity index (χ0n) is 11.4. The number of carboxylic acid groups (broad SMARTS) is 1. The van der Waals surface area contributed by atoms with Crippen LogP contribution in [0, 0.1) is 0 Å². The average molecular weight is 286 g/mol. The quantitative estimate of drug-likeness (QED) is 0.771. The van der Waals surface area contributed by atoms with Crippen molar-refractivity contribution < 1.29 is 14.3 Å². The van der Waals surface area contributed by atoms with Crippen molar-refractivity contribution in [1.82, 2.24) is 9.55 Å². The minimum atomic E-state index is -1.02. The lowest BCUT2D eigenvalue weighted by atomic mass is 10.1. The Morgan fingerprint density at radius 2 is 2.24 bits per heavy atom. The molecular weight excluding hydrogens is 272 g/mol. The van der Waals surface area contributed by atoms with Crippen molar-refractivity contribution in [2.75, 3.05) is 0 Å². The number of aromatic amines is 1. The first kappa shape index (κ1) is 13.2. The molecule has 3 aromatic rings. The Labute approximate surface area is 119 Å². The van der Waals surface area contributed by atoms with Crippen LogP contribution >= 0.6 is 0 Å². The number of imidazole rings is 1. The van der Waals surface area contributed by atoms with E-state index in [1.54, 1.807) is 23.0 Å². The van der Waals surface area contributed by atoms with Crippen molar-refractivity contribution >= 4 is 17.0 Å². The van der Waals surface area contributed by atoms with Crippen LogP contribution in [0.1, 0.15) is 29.1 Å². The fourth-order valence-electron chi connectivity index (χ4n) is 2.50. The summed E-state index contributed by atoms with van der Waals surface area (Å²) in [6, 6.07) is 8.08. The molecule has 3 rings (SSSR count). The Balaban J connectivity index is 2.08. The molecule has 6 nitrogen and oxygen atoms in total. The number of hydrogen-bond acceptors (Lipinski definition) is 3. The topological polar surface area (TPSA) is 88.2 Å². The maximum Gasteiger partial charge on any atom is 0.335 e. The van der Waals surface area contributed by atoms with E-state index < -0.39 is 5.97 Å². The number of nitrogens with zero attached hydrogens (tertiary/aromatic N) is 1. The van der Waals surface area contributed by atoms with Crippen molar-refractivity contribution in [3.8, 4) is 0 Å². The standard InChI is InChI=1S/C15H14N2O4/c1-9(7-11-3-2-6-21-11)17-13-8-10(14(18)19)4-5-12(13)16-15(17)20/h2-6,8-9H,7H2,1H3,(H,16,20)(H,18,19). The number of furan rings is 1. The van der Waals surface area contributed by atoms with Gasteiger partial charge in [0.2, 0.25) is 0 Å². The molecule has 0 aliphatic carbocycles. The van der Waals surface area contributed by atoms with Gasteiger partial charge in [0.25, 0.3) is 0 Å². The van der Waals surface area contributed by atoms with Crippen LogP contribution in [-0.4, -0.2) is 20.6 Å². The van der Waals surface area contributed by atoms with Crippen LogP contribution in [0.25, 0.3) is 11.0 Å². The molecule has 2 heterocycles. The number of benzene rings is 1. The van der Waals surface area contributed by atoms with Gasteiger partial charge >= 0.3 is 11.7 Å². The molecule has 0 radical (unpaired) electrons. The van der Waals surface area contributed by atoms with Crippen LogP contribution in [0.3, 0.4) is 0 Å². The van der Waals surface area contributed by atoms with Crippen molar-refractivity contribution in [2.45, 2.75) is 19.4 Å². The number of aromatic nitrogens is 2. The number of aromatic carboxylic acids is 1. The zero-order chi connectivity index (χ0) is 15.0. The van der Waals surface area contributed by atoms with E-state index in [0.717, 1.165) is 5.76 Å². The van der Waals surface area contributed by atoms with E-state index in [1.807, 2.05) is 13.0 Å². The van der Waals surface area contributed by atoms with Crippen LogP contribution in [-0.2, 0) is 6.42 Å². The second kappa shape index (κ2) is 4.97. The fourth-order valence-corrected chi connectivity index (χ4v) is 2.50. The highest BCUT2D eigenvalue weighted by Crippen LogP contribution is 2.20. The van der Waals surface area contributed by atoms with Gasteiger partial charge in [-0.1, -0.05) is 0 Å². The summed E-state index contributed by atoms with van der Waals surface area (Å²) < 4.78 is 6.86. The molecule has 21 heavy (non-hydrogen) atoms. The SMILES string of the molecule is CC(Cc1ccco1)n1c(=O)[nH]c2ccc(C(=O)O)cc21. The predicted octanol–water partition coefficient (Wildman–Crippen LogP) is 2.42. The molecule has 2 N–H and O–H groups in total. The largest absolute Gasteiger partial charge is 0.478 e. The van der Waals surface area contributed by atoms with E-state index in [1.165, 1.54) is 12.1 Å². The van der Waals surface area contributed by atoms with Crippen molar-refractivity contribution in [3.63, 3.8) is 0 Å². The Morgan fingerprint density at radius 3 is 2.90 bits per heavy atom. The number of carbonyl (C=O) groups is 1. The third kappa shape index (κ3) is 2.35. The van der Waals surface area contributed by atoms with Crippen LogP contribution in [0.4, 0.5) is 0 Å². The van der Waals surface area contributed by atoms with Crippen LogP contribution in [0.5, 0.6) is 0 Å². The van der Waals surface area contributed by atoms with E-state index in [4.69, 9.17) is 9.52 Å². The molecule has 0 saturated carbocycles. The van der Waals surface area contributed by atoms with E-state index in [9.17, 15) is 9.59 Å². The van der Waals surface area contributed by atoms with Gasteiger partial charge in [-0.15, -0.1) is 0 Å². The first-order valence-corrected chi connectivity index (χ1v) is 6.56. The Hall–Kier alpha value is -2.76. The summed E-state index contributed by atoms with van der Waals surface area (Å²) in [6.45, 7) is 1.89. The van der Waals surface area contributed by atoms with Crippen LogP contribution in [0.2, 0.25) is 0 Å². The fraction of sp³-hybridized carbons (Fsp3) is 0.200. The third-order valence-electron chi connectivity index (χ3n) is 3.48. The summed E-state index contributed by atoms with van der Waals surface area (Å²) in [4.78, 5) is 25.9. The number of carboxylic acids is 1. The molecule has 1 atom stereocenters. The summed E-state index contributed by atoms with van der Waals surface area (Å²) in [7, 11) is 0.